The summed E-state index contributed by atoms with van der Waals surface area (Å²) in [6.07, 6.45) is 4.18. The van der Waals surface area contributed by atoms with Crippen molar-refractivity contribution < 1.29 is 9.09 Å². The van der Waals surface area contributed by atoms with Crippen LogP contribution in [0.25, 0.3) is 6.08 Å². The van der Waals surface area contributed by atoms with E-state index in [0.717, 1.165) is 16.4 Å². The van der Waals surface area contributed by atoms with Gasteiger partial charge in [0.1, 0.15) is 0 Å². The van der Waals surface area contributed by atoms with Crippen LogP contribution in [0.4, 0.5) is 0 Å². The minimum Gasteiger partial charge on any atom is -0.318 e. The maximum Gasteiger partial charge on any atom is 0.287 e. The number of hydrogen-bond acceptors (Lipinski definition) is 3. The zero-order chi connectivity index (χ0) is 19.0. The summed E-state index contributed by atoms with van der Waals surface area (Å²) in [6.45, 7) is -0.761. The Bertz CT molecular complexity index is 895. The molecule has 2 nitrogen and oxygen atoms in total. The summed E-state index contributed by atoms with van der Waals surface area (Å²) in [6, 6.07) is 29.8. The lowest BCUT2D eigenvalue weighted by Crippen LogP contribution is -2.06. The molecule has 0 bridgehead atoms. The average Bonchev–Trinajstić information content (AvgIpc) is 2.73. The third kappa shape index (κ3) is 5.46. The number of hydrogen-bond donors (Lipinski definition) is 0. The molecular weight excluding hydrogens is 371 g/mol. The van der Waals surface area contributed by atoms with Crippen LogP contribution in [0.2, 0.25) is 0 Å². The molecule has 0 aliphatic rings. The molecule has 3 aromatic carbocycles. The quantitative estimate of drug-likeness (QED) is 0.396. The highest BCUT2D eigenvalue weighted by atomic mass is 32.7. The van der Waals surface area contributed by atoms with Crippen LogP contribution < -0.4 is 5.30 Å². The molecule has 0 spiro atoms. The first kappa shape index (κ1) is 19.7. The van der Waals surface area contributed by atoms with Gasteiger partial charge in [0.05, 0.1) is 11.9 Å². The van der Waals surface area contributed by atoms with E-state index >= 15 is 0 Å². The van der Waals surface area contributed by atoms with Crippen molar-refractivity contribution in [3.63, 3.8) is 0 Å². The van der Waals surface area contributed by atoms with Gasteiger partial charge >= 0.3 is 0 Å². The molecule has 3 rings (SSSR count). The second-order valence-electron chi connectivity index (χ2n) is 5.96. The fraction of sp³-hybridized carbons (Fsp3) is 0.130. The fourth-order valence-electron chi connectivity index (χ4n) is 2.71. The lowest BCUT2D eigenvalue weighted by molar-refractivity contribution is 0.353. The highest BCUT2D eigenvalue weighted by Gasteiger charge is 2.30. The smallest absolute Gasteiger partial charge is 0.287 e. The van der Waals surface area contributed by atoms with Crippen LogP contribution in [0.5, 0.6) is 0 Å². The number of benzene rings is 3. The van der Waals surface area contributed by atoms with Crippen molar-refractivity contribution in [1.82, 2.24) is 0 Å². The van der Waals surface area contributed by atoms with E-state index in [-0.39, 0.29) is 5.25 Å². The van der Waals surface area contributed by atoms with Crippen LogP contribution in [-0.2, 0) is 9.09 Å². The predicted octanol–water partition coefficient (Wildman–Crippen LogP) is 6.73. The van der Waals surface area contributed by atoms with Gasteiger partial charge in [0, 0.05) is 5.30 Å². The molecule has 0 aliphatic heterocycles. The van der Waals surface area contributed by atoms with Crippen LogP contribution in [-0.4, -0.2) is 6.61 Å². The first-order valence-electron chi connectivity index (χ1n) is 8.98. The molecule has 27 heavy (non-hydrogen) atoms. The van der Waals surface area contributed by atoms with Gasteiger partial charge in [-0.05, 0) is 30.2 Å². The van der Waals surface area contributed by atoms with Crippen LogP contribution in [0.3, 0.4) is 0 Å². The Morgan fingerprint density at radius 2 is 1.44 bits per heavy atom. The first-order valence-corrected chi connectivity index (χ1v) is 12.1. The summed E-state index contributed by atoms with van der Waals surface area (Å²) in [7, 11) is 0. The molecule has 0 radical (unpaired) electrons. The van der Waals surface area contributed by atoms with Crippen LogP contribution >= 0.6 is 18.0 Å². The molecule has 0 aromatic heterocycles. The minimum absolute atomic E-state index is 0.0796. The van der Waals surface area contributed by atoms with E-state index in [0.29, 0.717) is 6.61 Å². The molecule has 0 saturated carbocycles. The normalized spacial score (nSPS) is 14.7. The molecule has 4 heteroatoms. The van der Waals surface area contributed by atoms with Crippen molar-refractivity contribution in [3.05, 3.63) is 108 Å². The molecular formula is C23H23O2PS. The summed E-state index contributed by atoms with van der Waals surface area (Å²) in [5.74, 6) is 0. The zero-order valence-corrected chi connectivity index (χ0v) is 17.0. The Kier molecular flexibility index (Phi) is 7.11. The average molecular weight is 394 g/mol. The third-order valence-electron chi connectivity index (χ3n) is 4.01. The molecule has 3 aromatic rings. The standard InChI is InChI=1S/C23H23O2PS/c1-2-25-26(24,22-16-10-5-11-17-22)27-23(21-14-8-4-9-15-21)19-18-20-12-6-3-7-13-20/h3-19,23H,2H2,1H3/b19-18+. The summed E-state index contributed by atoms with van der Waals surface area (Å²) in [5, 5.41) is 0.662. The molecule has 0 amide bonds. The lowest BCUT2D eigenvalue weighted by Gasteiger charge is -2.22. The molecule has 0 aliphatic carbocycles. The van der Waals surface area contributed by atoms with E-state index in [1.807, 2.05) is 73.7 Å². The maximum absolute atomic E-state index is 13.7. The van der Waals surface area contributed by atoms with E-state index in [4.69, 9.17) is 4.52 Å². The van der Waals surface area contributed by atoms with Gasteiger partial charge in [-0.15, -0.1) is 0 Å². The van der Waals surface area contributed by atoms with Gasteiger partial charge in [-0.25, -0.2) is 0 Å². The van der Waals surface area contributed by atoms with Crippen LogP contribution in [0, 0.1) is 0 Å². The maximum atomic E-state index is 13.7. The Morgan fingerprint density at radius 3 is 2.04 bits per heavy atom. The second kappa shape index (κ2) is 9.75. The molecule has 0 heterocycles. The van der Waals surface area contributed by atoms with Crippen LogP contribution in [0.15, 0.2) is 97.1 Å². The topological polar surface area (TPSA) is 26.3 Å². The summed E-state index contributed by atoms with van der Waals surface area (Å²) in [4.78, 5) is 0. The Balaban J connectivity index is 1.94. The Labute approximate surface area is 165 Å². The van der Waals surface area contributed by atoms with Gasteiger partial charge in [-0.2, -0.15) is 0 Å². The van der Waals surface area contributed by atoms with Crippen LogP contribution in [0.1, 0.15) is 23.3 Å². The minimum atomic E-state index is -3.05. The van der Waals surface area contributed by atoms with Crippen molar-refractivity contribution in [2.24, 2.45) is 0 Å². The summed E-state index contributed by atoms with van der Waals surface area (Å²) < 4.78 is 19.5. The molecule has 2 atom stereocenters. The van der Waals surface area contributed by atoms with E-state index in [1.165, 1.54) is 11.4 Å². The molecule has 0 N–H and O–H groups in total. The Morgan fingerprint density at radius 1 is 0.889 bits per heavy atom. The van der Waals surface area contributed by atoms with Crippen molar-refractivity contribution in [2.45, 2.75) is 12.2 Å². The van der Waals surface area contributed by atoms with Crippen molar-refractivity contribution in [1.29, 1.82) is 0 Å². The number of rotatable bonds is 8. The highest BCUT2D eigenvalue weighted by Crippen LogP contribution is 2.64. The van der Waals surface area contributed by atoms with E-state index in [2.05, 4.69) is 36.4 Å². The molecule has 0 saturated heterocycles. The van der Waals surface area contributed by atoms with Crippen molar-refractivity contribution in [2.75, 3.05) is 6.61 Å². The first-order chi connectivity index (χ1) is 13.2. The van der Waals surface area contributed by atoms with Crippen molar-refractivity contribution in [3.8, 4) is 0 Å². The third-order valence-corrected chi connectivity index (χ3v) is 8.94. The molecule has 138 valence electrons. The van der Waals surface area contributed by atoms with Gasteiger partial charge in [0.25, 0.3) is 6.57 Å². The SMILES string of the molecule is CCOP(=O)(SC(/C=C/c1ccccc1)c1ccccc1)c1ccccc1. The van der Waals surface area contributed by atoms with E-state index < -0.39 is 6.57 Å². The van der Waals surface area contributed by atoms with Gasteiger partial charge in [-0.1, -0.05) is 102 Å². The van der Waals surface area contributed by atoms with Gasteiger partial charge in [0.15, 0.2) is 0 Å². The largest absolute Gasteiger partial charge is 0.318 e. The highest BCUT2D eigenvalue weighted by molar-refractivity contribution is 8.58. The van der Waals surface area contributed by atoms with Gasteiger partial charge in [0.2, 0.25) is 0 Å². The zero-order valence-electron chi connectivity index (χ0n) is 15.3. The van der Waals surface area contributed by atoms with Crippen molar-refractivity contribution >= 4 is 29.3 Å². The van der Waals surface area contributed by atoms with Gasteiger partial charge < -0.3 is 4.52 Å². The Hall–Kier alpha value is -2.06. The molecule has 0 fully saturated rings. The predicted molar refractivity (Wildman–Crippen MR) is 118 cm³/mol. The molecule has 2 unspecified atom stereocenters. The van der Waals surface area contributed by atoms with E-state index in [1.54, 1.807) is 0 Å². The lowest BCUT2D eigenvalue weighted by atomic mass is 10.1. The monoisotopic (exact) mass is 394 g/mol. The second-order valence-corrected chi connectivity index (χ2v) is 10.5. The summed E-state index contributed by atoms with van der Waals surface area (Å²) >= 11 is 1.39. The summed E-state index contributed by atoms with van der Waals surface area (Å²) in [5.41, 5.74) is 2.22. The van der Waals surface area contributed by atoms with E-state index in [9.17, 15) is 4.57 Å². The fourth-order valence-corrected chi connectivity index (χ4v) is 7.35. The van der Waals surface area contributed by atoms with Gasteiger partial charge in [-0.3, -0.25) is 4.57 Å².